The molecule has 2 aromatic rings. The van der Waals surface area contributed by atoms with Gasteiger partial charge >= 0.3 is 0 Å². The molecule has 1 fully saturated rings. The van der Waals surface area contributed by atoms with Crippen LogP contribution in [-0.2, 0) is 11.3 Å². The molecule has 1 saturated heterocycles. The molecule has 0 spiro atoms. The van der Waals surface area contributed by atoms with Gasteiger partial charge in [0.25, 0.3) is 0 Å². The number of hydrogen-bond donors (Lipinski definition) is 1. The summed E-state index contributed by atoms with van der Waals surface area (Å²) in [6.45, 7) is 4.11. The molecular weight excluding hydrogens is 363 g/mol. The average molecular weight is 389 g/mol. The van der Waals surface area contributed by atoms with Crippen LogP contribution in [0.5, 0.6) is 0 Å². The van der Waals surface area contributed by atoms with Crippen LogP contribution in [0.2, 0.25) is 5.02 Å². The van der Waals surface area contributed by atoms with E-state index in [4.69, 9.17) is 11.6 Å². The number of nitrogens with zero attached hydrogens (tertiary/aromatic N) is 1. The van der Waals surface area contributed by atoms with E-state index in [0.717, 1.165) is 37.9 Å². The third-order valence-electron chi connectivity index (χ3n) is 5.33. The Morgan fingerprint density at radius 3 is 2.52 bits per heavy atom. The number of likely N-dealkylation sites (tertiary alicyclic amines) is 1. The molecule has 144 valence electrons. The van der Waals surface area contributed by atoms with E-state index in [-0.39, 0.29) is 23.7 Å². The molecule has 3 rings (SSSR count). The van der Waals surface area contributed by atoms with Crippen molar-refractivity contribution in [3.05, 3.63) is 70.5 Å². The Hall–Kier alpha value is -1.91. The first-order valence-corrected chi connectivity index (χ1v) is 9.96. The van der Waals surface area contributed by atoms with E-state index in [1.807, 2.05) is 18.2 Å². The van der Waals surface area contributed by atoms with Crippen LogP contribution >= 0.6 is 11.6 Å². The van der Waals surface area contributed by atoms with Gasteiger partial charge in [0.15, 0.2) is 0 Å². The van der Waals surface area contributed by atoms with Crippen LogP contribution in [0.15, 0.2) is 48.5 Å². The van der Waals surface area contributed by atoms with Crippen molar-refractivity contribution in [1.29, 1.82) is 0 Å². The number of nitrogens with one attached hydrogen (secondary N) is 1. The monoisotopic (exact) mass is 388 g/mol. The summed E-state index contributed by atoms with van der Waals surface area (Å²) in [6, 6.07) is 14.9. The van der Waals surface area contributed by atoms with Crippen LogP contribution in [0.25, 0.3) is 0 Å². The summed E-state index contributed by atoms with van der Waals surface area (Å²) in [5, 5.41) is 3.66. The summed E-state index contributed by atoms with van der Waals surface area (Å²) in [5.41, 5.74) is 1.68. The third-order valence-corrected chi connectivity index (χ3v) is 5.68. The molecular formula is C22H26ClFN2O. The van der Waals surface area contributed by atoms with Crippen LogP contribution in [0.3, 0.4) is 0 Å². The third kappa shape index (κ3) is 5.08. The van der Waals surface area contributed by atoms with Crippen LogP contribution in [0.1, 0.15) is 43.4 Å². The van der Waals surface area contributed by atoms with Gasteiger partial charge in [0.2, 0.25) is 5.91 Å². The lowest BCUT2D eigenvalue weighted by Crippen LogP contribution is -2.41. The Kier molecular flexibility index (Phi) is 6.86. The number of hydrogen-bond acceptors (Lipinski definition) is 2. The molecule has 0 radical (unpaired) electrons. The van der Waals surface area contributed by atoms with E-state index in [9.17, 15) is 9.18 Å². The number of carbonyl (C=O) groups is 1. The Morgan fingerprint density at radius 1 is 1.19 bits per heavy atom. The second-order valence-electron chi connectivity index (χ2n) is 7.13. The molecule has 0 saturated carbocycles. The van der Waals surface area contributed by atoms with Crippen molar-refractivity contribution in [3.63, 3.8) is 0 Å². The number of halogens is 2. The lowest BCUT2D eigenvalue weighted by Gasteiger charge is -2.32. The number of rotatable bonds is 6. The summed E-state index contributed by atoms with van der Waals surface area (Å²) in [7, 11) is 0. The zero-order valence-electron chi connectivity index (χ0n) is 15.6. The van der Waals surface area contributed by atoms with Crippen LogP contribution in [0.4, 0.5) is 4.39 Å². The van der Waals surface area contributed by atoms with Crippen LogP contribution < -0.4 is 5.32 Å². The summed E-state index contributed by atoms with van der Waals surface area (Å²) in [5.74, 6) is -0.139. The van der Waals surface area contributed by atoms with Crippen LogP contribution in [0, 0.1) is 11.7 Å². The van der Waals surface area contributed by atoms with Gasteiger partial charge in [-0.1, -0.05) is 54.9 Å². The zero-order chi connectivity index (χ0) is 19.2. The Labute approximate surface area is 165 Å². The molecule has 1 aliphatic heterocycles. The number of carbonyl (C=O) groups excluding carboxylic acids is 1. The standard InChI is InChI=1S/C22H26ClFN2O/c1-2-21(16-7-4-3-5-8-16)25-22(27)17-11-13-26(14-12-17)15-18-19(23)9-6-10-20(18)24/h3-10,17,21H,2,11-15H2,1H3,(H,25,27). The highest BCUT2D eigenvalue weighted by Crippen LogP contribution is 2.25. The van der Waals surface area contributed by atoms with Crippen molar-refractivity contribution in [2.75, 3.05) is 13.1 Å². The predicted octanol–water partition coefficient (Wildman–Crippen LogP) is 4.96. The predicted molar refractivity (Wildman–Crippen MR) is 107 cm³/mol. The first-order valence-electron chi connectivity index (χ1n) is 9.59. The molecule has 1 aliphatic rings. The van der Waals surface area contributed by atoms with Crippen molar-refractivity contribution < 1.29 is 9.18 Å². The van der Waals surface area contributed by atoms with E-state index in [2.05, 4.69) is 29.3 Å². The second-order valence-corrected chi connectivity index (χ2v) is 7.54. The largest absolute Gasteiger partial charge is 0.349 e. The minimum Gasteiger partial charge on any atom is -0.349 e. The van der Waals surface area contributed by atoms with E-state index >= 15 is 0 Å². The minimum atomic E-state index is -0.268. The van der Waals surface area contributed by atoms with Crippen molar-refractivity contribution in [2.45, 2.75) is 38.8 Å². The Morgan fingerprint density at radius 2 is 1.89 bits per heavy atom. The fourth-order valence-corrected chi connectivity index (χ4v) is 3.88. The maximum Gasteiger partial charge on any atom is 0.223 e. The van der Waals surface area contributed by atoms with E-state index < -0.39 is 0 Å². The lowest BCUT2D eigenvalue weighted by molar-refractivity contribution is -0.127. The van der Waals surface area contributed by atoms with E-state index in [0.29, 0.717) is 17.1 Å². The molecule has 1 unspecified atom stereocenters. The molecule has 1 amide bonds. The average Bonchev–Trinajstić information content (AvgIpc) is 2.70. The summed E-state index contributed by atoms with van der Waals surface area (Å²) >= 11 is 6.13. The lowest BCUT2D eigenvalue weighted by atomic mass is 9.94. The van der Waals surface area contributed by atoms with Gasteiger partial charge < -0.3 is 5.32 Å². The fourth-order valence-electron chi connectivity index (χ4n) is 3.66. The summed E-state index contributed by atoms with van der Waals surface area (Å²) in [4.78, 5) is 14.9. The molecule has 2 aromatic carbocycles. The van der Waals surface area contributed by atoms with Crippen molar-refractivity contribution in [2.24, 2.45) is 5.92 Å². The van der Waals surface area contributed by atoms with Gasteiger partial charge in [0, 0.05) is 23.0 Å². The molecule has 1 atom stereocenters. The van der Waals surface area contributed by atoms with Gasteiger partial charge in [0.1, 0.15) is 5.82 Å². The highest BCUT2D eigenvalue weighted by molar-refractivity contribution is 6.31. The zero-order valence-corrected chi connectivity index (χ0v) is 16.4. The number of piperidine rings is 1. The van der Waals surface area contributed by atoms with Gasteiger partial charge in [-0.2, -0.15) is 0 Å². The van der Waals surface area contributed by atoms with E-state index in [1.54, 1.807) is 12.1 Å². The SMILES string of the molecule is CCC(NC(=O)C1CCN(Cc2c(F)cccc2Cl)CC1)c1ccccc1. The van der Waals surface area contributed by atoms with Gasteiger partial charge in [-0.05, 0) is 50.0 Å². The van der Waals surface area contributed by atoms with Gasteiger partial charge in [-0.25, -0.2) is 4.39 Å². The summed E-state index contributed by atoms with van der Waals surface area (Å²) < 4.78 is 14.0. The first-order chi connectivity index (χ1) is 13.1. The highest BCUT2D eigenvalue weighted by Gasteiger charge is 2.27. The Bertz CT molecular complexity index is 740. The molecule has 1 heterocycles. The van der Waals surface area contributed by atoms with Gasteiger partial charge in [0.05, 0.1) is 6.04 Å². The van der Waals surface area contributed by atoms with E-state index in [1.165, 1.54) is 6.07 Å². The van der Waals surface area contributed by atoms with Gasteiger partial charge in [-0.3, -0.25) is 9.69 Å². The van der Waals surface area contributed by atoms with Crippen LogP contribution in [-0.4, -0.2) is 23.9 Å². The molecule has 27 heavy (non-hydrogen) atoms. The van der Waals surface area contributed by atoms with Gasteiger partial charge in [-0.15, -0.1) is 0 Å². The normalized spacial score (nSPS) is 16.9. The maximum absolute atomic E-state index is 14.0. The maximum atomic E-state index is 14.0. The first kappa shape index (κ1) is 19.8. The van der Waals surface area contributed by atoms with Crippen molar-refractivity contribution in [1.82, 2.24) is 10.2 Å². The number of benzene rings is 2. The number of amides is 1. The molecule has 5 heteroatoms. The molecule has 0 bridgehead atoms. The molecule has 3 nitrogen and oxygen atoms in total. The second kappa shape index (κ2) is 9.34. The quantitative estimate of drug-likeness (QED) is 0.758. The topological polar surface area (TPSA) is 32.3 Å². The molecule has 1 N–H and O–H groups in total. The highest BCUT2D eigenvalue weighted by atomic mass is 35.5. The van der Waals surface area contributed by atoms with Crippen molar-refractivity contribution in [3.8, 4) is 0 Å². The molecule has 0 aromatic heterocycles. The fraction of sp³-hybridized carbons (Fsp3) is 0.409. The smallest absolute Gasteiger partial charge is 0.223 e. The Balaban J connectivity index is 1.53. The molecule has 0 aliphatic carbocycles. The summed E-state index contributed by atoms with van der Waals surface area (Å²) in [6.07, 6.45) is 2.42. The van der Waals surface area contributed by atoms with Crippen molar-refractivity contribution >= 4 is 17.5 Å². The minimum absolute atomic E-state index is 0.00936.